The Morgan fingerprint density at radius 2 is 1.71 bits per heavy atom. The summed E-state index contributed by atoms with van der Waals surface area (Å²) >= 11 is 0. The van der Waals surface area contributed by atoms with E-state index in [9.17, 15) is 8.42 Å². The topological polar surface area (TPSA) is 98.3 Å². The van der Waals surface area contributed by atoms with Crippen LogP contribution in [0, 0.1) is 6.92 Å². The molecule has 31 heavy (non-hydrogen) atoms. The molecular formula is C22H31N3O5S. The fraction of sp³-hybridized carbons (Fsp3) is 0.409. The van der Waals surface area contributed by atoms with E-state index in [-0.39, 0.29) is 0 Å². The maximum atomic E-state index is 11.8. The second-order valence-corrected chi connectivity index (χ2v) is 8.90. The maximum absolute atomic E-state index is 11.8. The summed E-state index contributed by atoms with van der Waals surface area (Å²) in [4.78, 5) is 4.95. The molecule has 0 bridgehead atoms. The second kappa shape index (κ2) is 10.9. The van der Waals surface area contributed by atoms with Crippen molar-refractivity contribution in [3.05, 3.63) is 47.0 Å². The van der Waals surface area contributed by atoms with Gasteiger partial charge in [0.05, 0.1) is 32.8 Å². The number of hydrogen-bond acceptors (Lipinski definition) is 6. The number of nitrogens with one attached hydrogen (secondary N) is 2. The number of methoxy groups -OCH3 is 3. The van der Waals surface area contributed by atoms with E-state index in [0.29, 0.717) is 53.3 Å². The van der Waals surface area contributed by atoms with Gasteiger partial charge in [-0.1, -0.05) is 12.1 Å². The van der Waals surface area contributed by atoms with Gasteiger partial charge in [-0.25, -0.2) is 13.4 Å². The molecular weight excluding hydrogens is 418 g/mol. The van der Waals surface area contributed by atoms with Crippen molar-refractivity contribution in [2.24, 2.45) is 4.99 Å². The van der Waals surface area contributed by atoms with Crippen LogP contribution in [-0.2, 0) is 22.9 Å². The summed E-state index contributed by atoms with van der Waals surface area (Å²) in [6.07, 6.45) is 1.21. The second-order valence-electron chi connectivity index (χ2n) is 6.91. The SMILES string of the molecule is CCNC(=NCc1ccc(S(C)(=O)=O)c(C)c1)NCc1ccc(OC)c(OC)c1OC. The molecule has 0 spiro atoms. The van der Waals surface area contributed by atoms with Gasteiger partial charge in [0, 0.05) is 24.9 Å². The zero-order valence-electron chi connectivity index (χ0n) is 18.9. The molecule has 0 saturated heterocycles. The predicted octanol–water partition coefficient (Wildman–Crippen LogP) is 2.68. The summed E-state index contributed by atoms with van der Waals surface area (Å²) < 4.78 is 39.9. The molecule has 0 aliphatic carbocycles. The first kappa shape index (κ1) is 24.3. The summed E-state index contributed by atoms with van der Waals surface area (Å²) in [7, 11) is 1.50. The third kappa shape index (κ3) is 6.27. The molecule has 0 atom stereocenters. The summed E-state index contributed by atoms with van der Waals surface area (Å²) in [5.74, 6) is 2.35. The van der Waals surface area contributed by atoms with Crippen LogP contribution < -0.4 is 24.8 Å². The molecule has 0 aromatic heterocycles. The standard InChI is InChI=1S/C22H31N3O5S/c1-7-23-22(24-13-16-8-11-19(15(2)12-16)31(6,26)27)25-14-17-9-10-18(28-3)21(30-5)20(17)29-4/h8-12H,7,13-14H2,1-6H3,(H2,23,24,25). The van der Waals surface area contributed by atoms with E-state index in [0.717, 1.165) is 11.1 Å². The number of guanidine groups is 1. The normalized spacial score (nSPS) is 11.7. The van der Waals surface area contributed by atoms with Crippen molar-refractivity contribution >= 4 is 15.8 Å². The average Bonchev–Trinajstić information content (AvgIpc) is 2.73. The van der Waals surface area contributed by atoms with Gasteiger partial charge in [-0.2, -0.15) is 0 Å². The van der Waals surface area contributed by atoms with Crippen LogP contribution in [0.2, 0.25) is 0 Å². The van der Waals surface area contributed by atoms with Crippen molar-refractivity contribution in [1.29, 1.82) is 0 Å². The van der Waals surface area contributed by atoms with E-state index in [4.69, 9.17) is 14.2 Å². The molecule has 0 fully saturated rings. The minimum Gasteiger partial charge on any atom is -0.493 e. The lowest BCUT2D eigenvalue weighted by molar-refractivity contribution is 0.322. The van der Waals surface area contributed by atoms with Crippen LogP contribution in [0.25, 0.3) is 0 Å². The van der Waals surface area contributed by atoms with E-state index in [1.54, 1.807) is 40.4 Å². The van der Waals surface area contributed by atoms with Crippen LogP contribution in [0.3, 0.4) is 0 Å². The summed E-state index contributed by atoms with van der Waals surface area (Å²) in [6.45, 7) is 5.33. The summed E-state index contributed by atoms with van der Waals surface area (Å²) in [5.41, 5.74) is 2.52. The van der Waals surface area contributed by atoms with Crippen LogP contribution in [0.15, 0.2) is 40.2 Å². The minimum absolute atomic E-state index is 0.339. The Kier molecular flexibility index (Phi) is 8.56. The Morgan fingerprint density at radius 1 is 1.00 bits per heavy atom. The molecule has 8 nitrogen and oxygen atoms in total. The molecule has 9 heteroatoms. The highest BCUT2D eigenvalue weighted by atomic mass is 32.2. The number of ether oxygens (including phenoxy) is 3. The highest BCUT2D eigenvalue weighted by molar-refractivity contribution is 7.90. The quantitative estimate of drug-likeness (QED) is 0.449. The number of aryl methyl sites for hydroxylation is 1. The molecule has 0 amide bonds. The van der Waals surface area contributed by atoms with Gasteiger partial charge in [0.25, 0.3) is 0 Å². The number of benzene rings is 2. The lowest BCUT2D eigenvalue weighted by Crippen LogP contribution is -2.36. The van der Waals surface area contributed by atoms with Gasteiger partial charge in [-0.05, 0) is 43.2 Å². The fourth-order valence-corrected chi connectivity index (χ4v) is 4.18. The summed E-state index contributed by atoms with van der Waals surface area (Å²) in [5, 5.41) is 6.50. The third-order valence-electron chi connectivity index (χ3n) is 4.63. The van der Waals surface area contributed by atoms with Gasteiger partial charge < -0.3 is 24.8 Å². The Balaban J connectivity index is 2.19. The average molecular weight is 450 g/mol. The molecule has 0 aliphatic rings. The fourth-order valence-electron chi connectivity index (χ4n) is 3.22. The van der Waals surface area contributed by atoms with Crippen LogP contribution >= 0.6 is 0 Å². The van der Waals surface area contributed by atoms with Crippen molar-refractivity contribution in [3.63, 3.8) is 0 Å². The molecule has 2 aromatic rings. The third-order valence-corrected chi connectivity index (χ3v) is 5.89. The van der Waals surface area contributed by atoms with Gasteiger partial charge in [0.2, 0.25) is 5.75 Å². The Labute approximate surface area is 184 Å². The van der Waals surface area contributed by atoms with Gasteiger partial charge in [-0.3, -0.25) is 0 Å². The molecule has 170 valence electrons. The van der Waals surface area contributed by atoms with E-state index in [2.05, 4.69) is 15.6 Å². The minimum atomic E-state index is -3.24. The van der Waals surface area contributed by atoms with Crippen molar-refractivity contribution < 1.29 is 22.6 Å². The van der Waals surface area contributed by atoms with Crippen LogP contribution in [0.5, 0.6) is 17.2 Å². The highest BCUT2D eigenvalue weighted by Crippen LogP contribution is 2.39. The zero-order chi connectivity index (χ0) is 23.0. The Hall–Kier alpha value is -2.94. The van der Waals surface area contributed by atoms with E-state index in [1.807, 2.05) is 25.1 Å². The van der Waals surface area contributed by atoms with Gasteiger partial charge in [0.1, 0.15) is 0 Å². The number of hydrogen-bond donors (Lipinski definition) is 2. The van der Waals surface area contributed by atoms with Crippen LogP contribution in [-0.4, -0.2) is 48.5 Å². The zero-order valence-corrected chi connectivity index (χ0v) is 19.7. The smallest absolute Gasteiger partial charge is 0.203 e. The van der Waals surface area contributed by atoms with E-state index >= 15 is 0 Å². The lowest BCUT2D eigenvalue weighted by Gasteiger charge is -2.17. The van der Waals surface area contributed by atoms with Crippen molar-refractivity contribution in [3.8, 4) is 17.2 Å². The van der Waals surface area contributed by atoms with Gasteiger partial charge in [0.15, 0.2) is 27.3 Å². The van der Waals surface area contributed by atoms with Gasteiger partial charge >= 0.3 is 0 Å². The number of nitrogens with zero attached hydrogens (tertiary/aromatic N) is 1. The molecule has 2 N–H and O–H groups in total. The Morgan fingerprint density at radius 3 is 2.26 bits per heavy atom. The van der Waals surface area contributed by atoms with Crippen molar-refractivity contribution in [2.75, 3.05) is 34.1 Å². The molecule has 0 heterocycles. The van der Waals surface area contributed by atoms with Crippen LogP contribution in [0.4, 0.5) is 0 Å². The largest absolute Gasteiger partial charge is 0.493 e. The Bertz CT molecular complexity index is 1040. The lowest BCUT2D eigenvalue weighted by atomic mass is 10.1. The number of sulfone groups is 1. The van der Waals surface area contributed by atoms with Crippen LogP contribution in [0.1, 0.15) is 23.6 Å². The van der Waals surface area contributed by atoms with E-state index in [1.165, 1.54) is 6.26 Å². The first-order valence-electron chi connectivity index (χ1n) is 9.84. The molecule has 2 aromatic carbocycles. The molecule has 0 unspecified atom stereocenters. The first-order chi connectivity index (χ1) is 14.7. The van der Waals surface area contributed by atoms with E-state index < -0.39 is 9.84 Å². The van der Waals surface area contributed by atoms with Gasteiger partial charge in [-0.15, -0.1) is 0 Å². The monoisotopic (exact) mass is 449 g/mol. The molecule has 0 saturated carbocycles. The van der Waals surface area contributed by atoms with Crippen molar-refractivity contribution in [1.82, 2.24) is 10.6 Å². The number of rotatable bonds is 9. The first-order valence-corrected chi connectivity index (χ1v) is 11.7. The molecule has 0 aliphatic heterocycles. The van der Waals surface area contributed by atoms with Crippen molar-refractivity contribution in [2.45, 2.75) is 31.8 Å². The predicted molar refractivity (Wildman–Crippen MR) is 122 cm³/mol. The number of aliphatic imine (C=N–C) groups is 1. The highest BCUT2D eigenvalue weighted by Gasteiger charge is 2.16. The maximum Gasteiger partial charge on any atom is 0.203 e. The molecule has 0 radical (unpaired) electrons. The molecule has 2 rings (SSSR count). The summed E-state index contributed by atoms with van der Waals surface area (Å²) in [6, 6.07) is 9.00.